The molecule has 130 valence electrons. The summed E-state index contributed by atoms with van der Waals surface area (Å²) in [4.78, 5) is 23.2. The fourth-order valence-corrected chi connectivity index (χ4v) is 2.92. The van der Waals surface area contributed by atoms with Gasteiger partial charge in [0.15, 0.2) is 0 Å². The standard InChI is InChI=1S/C20H21NO4/c1-12-9-16-17(11-25-18(16)10-13(12)2)20(24)21-15-6-3-14(4-7-15)5-8-19(22)23/h3-4,6-7,9-10,17H,5,8,11H2,1-2H3,(H,21,24)(H,22,23). The third-order valence-electron chi connectivity index (χ3n) is 4.57. The van der Waals surface area contributed by atoms with E-state index in [1.807, 2.05) is 38.1 Å². The number of carboxylic acids is 1. The molecule has 2 N–H and O–H groups in total. The van der Waals surface area contributed by atoms with Crippen molar-refractivity contribution in [2.45, 2.75) is 32.6 Å². The predicted molar refractivity (Wildman–Crippen MR) is 95.2 cm³/mol. The fourth-order valence-electron chi connectivity index (χ4n) is 2.92. The maximum absolute atomic E-state index is 12.6. The Morgan fingerprint density at radius 3 is 2.52 bits per heavy atom. The van der Waals surface area contributed by atoms with Gasteiger partial charge >= 0.3 is 5.97 Å². The summed E-state index contributed by atoms with van der Waals surface area (Å²) >= 11 is 0. The molecule has 5 nitrogen and oxygen atoms in total. The Bertz CT molecular complexity index is 811. The zero-order chi connectivity index (χ0) is 18.0. The lowest BCUT2D eigenvalue weighted by molar-refractivity contribution is -0.137. The first-order valence-electron chi connectivity index (χ1n) is 8.29. The molecular formula is C20H21NO4. The van der Waals surface area contributed by atoms with Gasteiger partial charge in [0.05, 0.1) is 0 Å². The van der Waals surface area contributed by atoms with Crippen LogP contribution < -0.4 is 10.1 Å². The van der Waals surface area contributed by atoms with Gasteiger partial charge in [-0.15, -0.1) is 0 Å². The smallest absolute Gasteiger partial charge is 0.303 e. The largest absolute Gasteiger partial charge is 0.492 e. The monoisotopic (exact) mass is 339 g/mol. The van der Waals surface area contributed by atoms with E-state index in [9.17, 15) is 9.59 Å². The summed E-state index contributed by atoms with van der Waals surface area (Å²) in [5, 5.41) is 11.6. The van der Waals surface area contributed by atoms with Crippen LogP contribution in [0.25, 0.3) is 0 Å². The van der Waals surface area contributed by atoms with Crippen LogP contribution in [-0.2, 0) is 16.0 Å². The van der Waals surface area contributed by atoms with Crippen molar-refractivity contribution in [3.05, 3.63) is 58.7 Å². The number of hydrogen-bond acceptors (Lipinski definition) is 3. The van der Waals surface area contributed by atoms with Crippen molar-refractivity contribution in [3.63, 3.8) is 0 Å². The number of fused-ring (bicyclic) bond motifs is 1. The number of nitrogens with one attached hydrogen (secondary N) is 1. The van der Waals surface area contributed by atoms with Gasteiger partial charge in [0.1, 0.15) is 18.3 Å². The van der Waals surface area contributed by atoms with E-state index in [1.54, 1.807) is 12.1 Å². The summed E-state index contributed by atoms with van der Waals surface area (Å²) in [5.41, 5.74) is 4.85. The number of benzene rings is 2. The average Bonchev–Trinajstić information content (AvgIpc) is 2.97. The lowest BCUT2D eigenvalue weighted by Gasteiger charge is -2.12. The van der Waals surface area contributed by atoms with Crippen molar-refractivity contribution >= 4 is 17.6 Å². The number of carbonyl (C=O) groups excluding carboxylic acids is 1. The second-order valence-corrected chi connectivity index (χ2v) is 6.42. The minimum atomic E-state index is -0.817. The number of rotatable bonds is 5. The van der Waals surface area contributed by atoms with E-state index < -0.39 is 5.97 Å². The number of anilines is 1. The lowest BCUT2D eigenvalue weighted by atomic mass is 9.96. The second-order valence-electron chi connectivity index (χ2n) is 6.42. The van der Waals surface area contributed by atoms with Gasteiger partial charge in [0, 0.05) is 17.7 Å². The lowest BCUT2D eigenvalue weighted by Crippen LogP contribution is -2.22. The van der Waals surface area contributed by atoms with Crippen LogP contribution in [0.3, 0.4) is 0 Å². The molecule has 0 fully saturated rings. The van der Waals surface area contributed by atoms with Gasteiger partial charge in [-0.1, -0.05) is 18.2 Å². The van der Waals surface area contributed by atoms with Crippen LogP contribution in [-0.4, -0.2) is 23.6 Å². The van der Waals surface area contributed by atoms with Crippen LogP contribution in [0, 0.1) is 13.8 Å². The molecule has 5 heteroatoms. The SMILES string of the molecule is Cc1cc2c(cc1C)C(C(=O)Nc1ccc(CCC(=O)O)cc1)CO2. The summed E-state index contributed by atoms with van der Waals surface area (Å²) < 4.78 is 5.66. The van der Waals surface area contributed by atoms with Crippen LogP contribution in [0.2, 0.25) is 0 Å². The van der Waals surface area contributed by atoms with Crippen molar-refractivity contribution in [2.24, 2.45) is 0 Å². The Morgan fingerprint density at radius 1 is 1.16 bits per heavy atom. The first-order chi connectivity index (χ1) is 11.9. The number of hydrogen-bond donors (Lipinski definition) is 2. The molecule has 2 aromatic carbocycles. The summed E-state index contributed by atoms with van der Waals surface area (Å²) in [6.45, 7) is 4.40. The summed E-state index contributed by atoms with van der Waals surface area (Å²) in [5.74, 6) is -0.448. The average molecular weight is 339 g/mol. The number of carbonyl (C=O) groups is 2. The maximum Gasteiger partial charge on any atom is 0.303 e. The van der Waals surface area contributed by atoms with Crippen molar-refractivity contribution in [1.29, 1.82) is 0 Å². The molecular weight excluding hydrogens is 318 g/mol. The first-order valence-corrected chi connectivity index (χ1v) is 8.29. The molecule has 1 aliphatic rings. The van der Waals surface area contributed by atoms with E-state index in [-0.39, 0.29) is 18.2 Å². The van der Waals surface area contributed by atoms with Crippen LogP contribution in [0.4, 0.5) is 5.69 Å². The zero-order valence-corrected chi connectivity index (χ0v) is 14.3. The number of aryl methyl sites for hydroxylation is 3. The van der Waals surface area contributed by atoms with Crippen molar-refractivity contribution < 1.29 is 19.4 Å². The fraction of sp³-hybridized carbons (Fsp3) is 0.300. The normalized spacial score (nSPS) is 15.4. The molecule has 1 amide bonds. The summed E-state index contributed by atoms with van der Waals surface area (Å²) in [6.07, 6.45) is 0.576. The van der Waals surface area contributed by atoms with Crippen LogP contribution in [0.1, 0.15) is 34.6 Å². The molecule has 0 spiro atoms. The van der Waals surface area contributed by atoms with Gasteiger partial charge in [-0.3, -0.25) is 9.59 Å². The molecule has 3 rings (SSSR count). The van der Waals surface area contributed by atoms with E-state index in [1.165, 1.54) is 0 Å². The van der Waals surface area contributed by atoms with Gasteiger partial charge < -0.3 is 15.2 Å². The first kappa shape index (κ1) is 17.0. The molecule has 0 aliphatic carbocycles. The van der Waals surface area contributed by atoms with Crippen LogP contribution >= 0.6 is 0 Å². The topological polar surface area (TPSA) is 75.6 Å². The van der Waals surface area contributed by atoms with E-state index in [0.717, 1.165) is 28.0 Å². The van der Waals surface area contributed by atoms with Crippen molar-refractivity contribution in [1.82, 2.24) is 0 Å². The van der Waals surface area contributed by atoms with E-state index in [0.29, 0.717) is 18.7 Å². The molecule has 0 bridgehead atoms. The van der Waals surface area contributed by atoms with Crippen molar-refractivity contribution in [2.75, 3.05) is 11.9 Å². The Morgan fingerprint density at radius 2 is 1.84 bits per heavy atom. The number of carboxylic acid groups (broad SMARTS) is 1. The minimum Gasteiger partial charge on any atom is -0.492 e. The Labute approximate surface area is 146 Å². The predicted octanol–water partition coefficient (Wildman–Crippen LogP) is 3.44. The van der Waals surface area contributed by atoms with Gasteiger partial charge in [-0.2, -0.15) is 0 Å². The van der Waals surface area contributed by atoms with E-state index >= 15 is 0 Å². The molecule has 1 aliphatic heterocycles. The quantitative estimate of drug-likeness (QED) is 0.875. The zero-order valence-electron chi connectivity index (χ0n) is 14.3. The van der Waals surface area contributed by atoms with Crippen LogP contribution in [0.15, 0.2) is 36.4 Å². The third-order valence-corrected chi connectivity index (χ3v) is 4.57. The highest BCUT2D eigenvalue weighted by molar-refractivity contribution is 5.97. The maximum atomic E-state index is 12.6. The highest BCUT2D eigenvalue weighted by Crippen LogP contribution is 2.36. The Balaban J connectivity index is 1.68. The van der Waals surface area contributed by atoms with Crippen molar-refractivity contribution in [3.8, 4) is 5.75 Å². The molecule has 0 aromatic heterocycles. The molecule has 0 saturated heterocycles. The van der Waals surface area contributed by atoms with Gasteiger partial charge in [-0.05, 0) is 55.2 Å². The molecule has 1 unspecified atom stereocenters. The highest BCUT2D eigenvalue weighted by Gasteiger charge is 2.31. The van der Waals surface area contributed by atoms with Gasteiger partial charge in [-0.25, -0.2) is 0 Å². The number of amides is 1. The minimum absolute atomic E-state index is 0.0970. The molecule has 1 atom stereocenters. The summed E-state index contributed by atoms with van der Waals surface area (Å²) in [6, 6.07) is 11.3. The summed E-state index contributed by atoms with van der Waals surface area (Å²) in [7, 11) is 0. The molecule has 2 aromatic rings. The number of ether oxygens (including phenoxy) is 1. The van der Waals surface area contributed by atoms with E-state index in [4.69, 9.17) is 9.84 Å². The molecule has 0 saturated carbocycles. The molecule has 0 radical (unpaired) electrons. The highest BCUT2D eigenvalue weighted by atomic mass is 16.5. The Kier molecular flexibility index (Phi) is 4.74. The molecule has 1 heterocycles. The second kappa shape index (κ2) is 6.97. The third kappa shape index (κ3) is 3.82. The van der Waals surface area contributed by atoms with Gasteiger partial charge in [0.25, 0.3) is 0 Å². The van der Waals surface area contributed by atoms with Crippen LogP contribution in [0.5, 0.6) is 5.75 Å². The van der Waals surface area contributed by atoms with Gasteiger partial charge in [0.2, 0.25) is 5.91 Å². The molecule has 25 heavy (non-hydrogen) atoms. The van der Waals surface area contributed by atoms with E-state index in [2.05, 4.69) is 5.32 Å². The Hall–Kier alpha value is -2.82. The number of aliphatic carboxylic acids is 1.